The second-order valence-electron chi connectivity index (χ2n) is 12.7. The van der Waals surface area contributed by atoms with Gasteiger partial charge in [-0.2, -0.15) is 0 Å². The molecule has 0 N–H and O–H groups in total. The van der Waals surface area contributed by atoms with E-state index in [9.17, 15) is 4.79 Å². The van der Waals surface area contributed by atoms with Gasteiger partial charge in [0.1, 0.15) is 0 Å². The molecule has 9 aromatic carbocycles. The maximum absolute atomic E-state index is 13.4. The molecule has 2 aliphatic rings. The van der Waals surface area contributed by atoms with Crippen molar-refractivity contribution in [3.63, 3.8) is 0 Å². The monoisotopic (exact) mass is 580 g/mol. The van der Waals surface area contributed by atoms with Crippen molar-refractivity contribution in [2.45, 2.75) is 0 Å². The Kier molecular flexibility index (Phi) is 4.52. The average molecular weight is 581 g/mol. The van der Waals surface area contributed by atoms with Gasteiger partial charge in [-0.3, -0.25) is 4.79 Å². The van der Waals surface area contributed by atoms with Crippen molar-refractivity contribution in [2.24, 2.45) is 0 Å². The molecule has 210 valence electrons. The molecular formula is C45H24O. The number of rotatable bonds is 0. The lowest BCUT2D eigenvalue weighted by Gasteiger charge is -2.20. The summed E-state index contributed by atoms with van der Waals surface area (Å²) >= 11 is 0. The third kappa shape index (κ3) is 2.89. The number of carbonyl (C=O) groups is 1. The van der Waals surface area contributed by atoms with Gasteiger partial charge in [0.2, 0.25) is 0 Å². The Hall–Kier alpha value is -6.05. The van der Waals surface area contributed by atoms with E-state index in [1.165, 1.54) is 81.2 Å². The molecule has 1 nitrogen and oxygen atoms in total. The molecule has 2 aliphatic carbocycles. The third-order valence-electron chi connectivity index (χ3n) is 10.5. The first-order valence-electron chi connectivity index (χ1n) is 15.9. The molecule has 0 saturated carbocycles. The third-order valence-corrected chi connectivity index (χ3v) is 10.5. The van der Waals surface area contributed by atoms with Gasteiger partial charge in [0.15, 0.2) is 5.78 Å². The first-order valence-corrected chi connectivity index (χ1v) is 15.9. The lowest BCUT2D eigenvalue weighted by atomic mass is 9.83. The summed E-state index contributed by atoms with van der Waals surface area (Å²) in [5, 5.41) is 19.5. The summed E-state index contributed by atoms with van der Waals surface area (Å²) in [6.07, 6.45) is 8.11. The summed E-state index contributed by atoms with van der Waals surface area (Å²) in [6.45, 7) is 0. The van der Waals surface area contributed by atoms with Gasteiger partial charge in [-0.1, -0.05) is 133 Å². The highest BCUT2D eigenvalue weighted by Gasteiger charge is 2.25. The van der Waals surface area contributed by atoms with E-state index in [2.05, 4.69) is 133 Å². The van der Waals surface area contributed by atoms with Gasteiger partial charge in [-0.15, -0.1) is 0 Å². The molecule has 0 aromatic heterocycles. The summed E-state index contributed by atoms with van der Waals surface area (Å²) in [4.78, 5) is 13.4. The molecule has 0 amide bonds. The molecule has 0 aliphatic heterocycles. The van der Waals surface area contributed by atoms with E-state index in [1.807, 2.05) is 6.08 Å². The fourth-order valence-corrected chi connectivity index (χ4v) is 8.73. The van der Waals surface area contributed by atoms with Crippen LogP contribution in [0.25, 0.3) is 98.7 Å². The predicted octanol–water partition coefficient (Wildman–Crippen LogP) is 10.1. The van der Waals surface area contributed by atoms with E-state index in [4.69, 9.17) is 0 Å². The van der Waals surface area contributed by atoms with Crippen molar-refractivity contribution < 1.29 is 4.79 Å². The Labute approximate surface area is 263 Å². The lowest BCUT2D eigenvalue weighted by molar-refractivity contribution is 0.104. The second-order valence-corrected chi connectivity index (χ2v) is 12.7. The van der Waals surface area contributed by atoms with Crippen molar-refractivity contribution in [2.75, 3.05) is 0 Å². The Morgan fingerprint density at radius 3 is 1.63 bits per heavy atom. The van der Waals surface area contributed by atoms with Crippen LogP contribution in [0.5, 0.6) is 0 Å². The second kappa shape index (κ2) is 8.56. The fraction of sp³-hybridized carbons (Fsp3) is 0. The van der Waals surface area contributed by atoms with Gasteiger partial charge in [0, 0.05) is 5.56 Å². The van der Waals surface area contributed by atoms with E-state index < -0.39 is 0 Å². The molecule has 0 fully saturated rings. The lowest BCUT2D eigenvalue weighted by Crippen LogP contribution is -2.18. The minimum absolute atomic E-state index is 0.0717. The van der Waals surface area contributed by atoms with Crippen molar-refractivity contribution in [1.29, 1.82) is 0 Å². The van der Waals surface area contributed by atoms with Gasteiger partial charge in [0.05, 0.1) is 0 Å². The highest BCUT2D eigenvalue weighted by molar-refractivity contribution is 6.39. The number of carbonyl (C=O) groups excluding carboxylic acids is 1. The van der Waals surface area contributed by atoms with Crippen LogP contribution in [0.15, 0.2) is 133 Å². The average Bonchev–Trinajstić information content (AvgIpc) is 3.51. The zero-order chi connectivity index (χ0) is 30.1. The molecule has 0 heterocycles. The molecule has 0 spiro atoms. The van der Waals surface area contributed by atoms with Gasteiger partial charge in [0.25, 0.3) is 0 Å². The van der Waals surface area contributed by atoms with Crippen molar-refractivity contribution >= 4 is 93.3 Å². The van der Waals surface area contributed by atoms with Crippen LogP contribution in [-0.2, 0) is 0 Å². The SMILES string of the molecule is O=C1C=CC=c2c1c1ccccc1c1c2ccc2c1c1c(c3ccc4c5ccccc5c5ccccc5c4c32)=Cc2ccccc2-1. The Morgan fingerprint density at radius 1 is 0.370 bits per heavy atom. The zero-order valence-corrected chi connectivity index (χ0v) is 24.8. The largest absolute Gasteiger partial charge is 0.289 e. The Morgan fingerprint density at radius 2 is 0.870 bits per heavy atom. The molecule has 46 heavy (non-hydrogen) atoms. The van der Waals surface area contributed by atoms with Gasteiger partial charge in [-0.25, -0.2) is 0 Å². The highest BCUT2D eigenvalue weighted by Crippen LogP contribution is 2.46. The van der Waals surface area contributed by atoms with Crippen LogP contribution in [-0.4, -0.2) is 5.78 Å². The van der Waals surface area contributed by atoms with Crippen LogP contribution < -0.4 is 10.4 Å². The van der Waals surface area contributed by atoms with Crippen LogP contribution in [0.3, 0.4) is 0 Å². The standard InChI is InChI=1S/C45H24O/c46-39-19-9-18-32-35-22-23-37-44-36(21-20-34-29-14-4-3-12-27(29)28-13-5-6-15-30(28)42(34)44)38-24-25-10-1-2-11-26(25)41(38)45(37)43(35)33-17-8-7-16-31(33)40(32)39/h1-24H. The van der Waals surface area contributed by atoms with Crippen LogP contribution >= 0.6 is 0 Å². The fourth-order valence-electron chi connectivity index (χ4n) is 8.73. The van der Waals surface area contributed by atoms with Crippen molar-refractivity contribution in [3.05, 3.63) is 155 Å². The molecule has 9 aromatic rings. The number of hydrogen-bond donors (Lipinski definition) is 0. The van der Waals surface area contributed by atoms with E-state index in [-0.39, 0.29) is 5.78 Å². The smallest absolute Gasteiger partial charge is 0.187 e. The Balaban J connectivity index is 1.52. The highest BCUT2D eigenvalue weighted by atomic mass is 16.1. The molecule has 0 unspecified atom stereocenters. The summed E-state index contributed by atoms with van der Waals surface area (Å²) < 4.78 is 0. The van der Waals surface area contributed by atoms with Gasteiger partial charge >= 0.3 is 0 Å². The molecule has 0 radical (unpaired) electrons. The first-order chi connectivity index (χ1) is 22.8. The maximum Gasteiger partial charge on any atom is 0.187 e. The number of allylic oxidation sites excluding steroid dienone is 2. The summed E-state index contributed by atoms with van der Waals surface area (Å²) in [7, 11) is 0. The van der Waals surface area contributed by atoms with Crippen molar-refractivity contribution in [3.8, 4) is 11.1 Å². The topological polar surface area (TPSA) is 17.1 Å². The Bertz CT molecular complexity index is 3050. The number of fused-ring (bicyclic) bond motifs is 22. The maximum atomic E-state index is 13.4. The van der Waals surface area contributed by atoms with Crippen molar-refractivity contribution in [1.82, 2.24) is 0 Å². The summed E-state index contributed by atoms with van der Waals surface area (Å²) in [6, 6.07) is 44.3. The number of benzene rings is 9. The molecular weight excluding hydrogens is 556 g/mol. The molecule has 0 saturated heterocycles. The van der Waals surface area contributed by atoms with E-state index in [1.54, 1.807) is 6.08 Å². The van der Waals surface area contributed by atoms with Gasteiger partial charge < -0.3 is 0 Å². The first kappa shape index (κ1) is 24.3. The van der Waals surface area contributed by atoms with Crippen LogP contribution in [0, 0.1) is 0 Å². The predicted molar refractivity (Wildman–Crippen MR) is 195 cm³/mol. The number of ketones is 1. The minimum Gasteiger partial charge on any atom is -0.289 e. The molecule has 0 atom stereocenters. The molecule has 1 heteroatoms. The van der Waals surface area contributed by atoms with Gasteiger partial charge in [-0.05, 0) is 115 Å². The summed E-state index contributed by atoms with van der Waals surface area (Å²) in [5.41, 5.74) is 4.61. The van der Waals surface area contributed by atoms with Crippen LogP contribution in [0.4, 0.5) is 0 Å². The minimum atomic E-state index is 0.0717. The van der Waals surface area contributed by atoms with Crippen LogP contribution in [0.2, 0.25) is 0 Å². The summed E-state index contributed by atoms with van der Waals surface area (Å²) in [5.74, 6) is 0.0717. The quantitative estimate of drug-likeness (QED) is 0.163. The zero-order valence-electron chi connectivity index (χ0n) is 24.8. The van der Waals surface area contributed by atoms with E-state index in [0.717, 1.165) is 26.9 Å². The number of hydrogen-bond acceptors (Lipinski definition) is 1. The van der Waals surface area contributed by atoms with Crippen LogP contribution in [0.1, 0.15) is 15.9 Å². The molecule has 11 rings (SSSR count). The normalized spacial score (nSPS) is 13.5. The van der Waals surface area contributed by atoms with E-state index in [0.29, 0.717) is 0 Å². The van der Waals surface area contributed by atoms with E-state index >= 15 is 0 Å². The molecule has 0 bridgehead atoms.